The van der Waals surface area contributed by atoms with Crippen molar-refractivity contribution >= 4 is 11.9 Å². The largest absolute Gasteiger partial charge is 0.504 e. The Morgan fingerprint density at radius 1 is 0.515 bits per heavy atom. The molecule has 0 saturated carbocycles. The molecule has 8 nitrogen and oxygen atoms in total. The summed E-state index contributed by atoms with van der Waals surface area (Å²) in [6.07, 6.45) is 9.34. The smallest absolute Gasteiger partial charge is 0.311 e. The van der Waals surface area contributed by atoms with Crippen molar-refractivity contribution in [1.29, 1.82) is 0 Å². The Hall–Kier alpha value is -3.42. The minimum atomic E-state index is -0.360. The van der Waals surface area contributed by atoms with E-state index in [4.69, 9.17) is 9.47 Å². The molecule has 0 amide bonds. The summed E-state index contributed by atoms with van der Waals surface area (Å²) in [6.45, 7) is 0. The van der Waals surface area contributed by atoms with Crippen molar-refractivity contribution in [3.05, 3.63) is 36.4 Å². The van der Waals surface area contributed by atoms with Crippen molar-refractivity contribution in [3.8, 4) is 34.5 Å². The Kier molecular flexibility index (Phi) is 10.9. The summed E-state index contributed by atoms with van der Waals surface area (Å²) in [7, 11) is 0. The highest BCUT2D eigenvalue weighted by Crippen LogP contribution is 2.29. The van der Waals surface area contributed by atoms with E-state index in [0.717, 1.165) is 57.8 Å². The average Bonchev–Trinajstić information content (AvgIpc) is 2.77. The first-order valence-electron chi connectivity index (χ1n) is 11.3. The van der Waals surface area contributed by atoms with Gasteiger partial charge in [-0.15, -0.1) is 0 Å². The van der Waals surface area contributed by atoms with E-state index in [0.29, 0.717) is 12.8 Å². The Balaban J connectivity index is 1.41. The summed E-state index contributed by atoms with van der Waals surface area (Å²) in [5.74, 6) is -1.46. The van der Waals surface area contributed by atoms with Gasteiger partial charge < -0.3 is 29.9 Å². The summed E-state index contributed by atoms with van der Waals surface area (Å²) < 4.78 is 10.3. The van der Waals surface area contributed by atoms with Gasteiger partial charge in [-0.3, -0.25) is 9.59 Å². The number of esters is 2. The van der Waals surface area contributed by atoms with Crippen LogP contribution in [0.5, 0.6) is 34.5 Å². The number of phenols is 4. The first kappa shape index (κ1) is 25.8. The van der Waals surface area contributed by atoms with Gasteiger partial charge in [0.05, 0.1) is 0 Å². The third-order valence-corrected chi connectivity index (χ3v) is 5.12. The third-order valence-electron chi connectivity index (χ3n) is 5.12. The predicted octanol–water partition coefficient (Wildman–Crippen LogP) is 5.31. The summed E-state index contributed by atoms with van der Waals surface area (Å²) in [6, 6.07) is 7.81. The molecule has 0 aliphatic rings. The molecule has 0 bridgehead atoms. The lowest BCUT2D eigenvalue weighted by Gasteiger charge is -2.06. The van der Waals surface area contributed by atoms with Crippen molar-refractivity contribution in [2.24, 2.45) is 0 Å². The Morgan fingerprint density at radius 2 is 0.848 bits per heavy atom. The fourth-order valence-corrected chi connectivity index (χ4v) is 3.27. The maximum Gasteiger partial charge on any atom is 0.311 e. The fraction of sp³-hybridized carbons (Fsp3) is 0.440. The van der Waals surface area contributed by atoms with E-state index in [1.165, 1.54) is 36.4 Å². The van der Waals surface area contributed by atoms with Crippen molar-refractivity contribution in [1.82, 2.24) is 0 Å². The molecule has 0 fully saturated rings. The molecule has 0 atom stereocenters. The third kappa shape index (κ3) is 10.2. The molecule has 8 heteroatoms. The van der Waals surface area contributed by atoms with Crippen molar-refractivity contribution in [2.75, 3.05) is 0 Å². The summed E-state index contributed by atoms with van der Waals surface area (Å²) in [4.78, 5) is 23.6. The number of carbonyl (C=O) groups excluding carboxylic acids is 2. The van der Waals surface area contributed by atoms with Gasteiger partial charge in [-0.05, 0) is 37.1 Å². The summed E-state index contributed by atoms with van der Waals surface area (Å²) in [5, 5.41) is 37.3. The predicted molar refractivity (Wildman–Crippen MR) is 122 cm³/mol. The average molecular weight is 461 g/mol. The first-order valence-corrected chi connectivity index (χ1v) is 11.3. The maximum atomic E-state index is 11.8. The van der Waals surface area contributed by atoms with Crippen molar-refractivity contribution in [2.45, 2.75) is 70.6 Å². The summed E-state index contributed by atoms with van der Waals surface area (Å²) in [5.41, 5.74) is 0. The van der Waals surface area contributed by atoms with Gasteiger partial charge >= 0.3 is 11.9 Å². The fourth-order valence-electron chi connectivity index (χ4n) is 3.27. The highest BCUT2D eigenvalue weighted by atomic mass is 16.5. The van der Waals surface area contributed by atoms with Gasteiger partial charge in [0.25, 0.3) is 0 Å². The van der Waals surface area contributed by atoms with Gasteiger partial charge in [0.2, 0.25) is 0 Å². The number of phenolic OH excluding ortho intramolecular Hbond substituents is 4. The van der Waals surface area contributed by atoms with Gasteiger partial charge in [-0.2, -0.15) is 0 Å². The zero-order chi connectivity index (χ0) is 24.1. The lowest BCUT2D eigenvalue weighted by Crippen LogP contribution is -2.07. The van der Waals surface area contributed by atoms with Crippen LogP contribution >= 0.6 is 0 Å². The Labute approximate surface area is 193 Å². The van der Waals surface area contributed by atoms with Crippen LogP contribution in [0.3, 0.4) is 0 Å². The lowest BCUT2D eigenvalue weighted by molar-refractivity contribution is -0.135. The summed E-state index contributed by atoms with van der Waals surface area (Å²) >= 11 is 0. The number of ether oxygens (including phenoxy) is 2. The van der Waals surface area contributed by atoms with Crippen LogP contribution < -0.4 is 9.47 Å². The van der Waals surface area contributed by atoms with E-state index in [1.807, 2.05) is 0 Å². The molecule has 180 valence electrons. The minimum absolute atomic E-state index is 0.211. The number of aromatic hydroxyl groups is 4. The van der Waals surface area contributed by atoms with E-state index in [-0.39, 0.29) is 46.4 Å². The van der Waals surface area contributed by atoms with E-state index < -0.39 is 0 Å². The maximum absolute atomic E-state index is 11.8. The first-order chi connectivity index (χ1) is 15.8. The minimum Gasteiger partial charge on any atom is -0.504 e. The number of unbranched alkanes of at least 4 members (excludes halogenated alkanes) is 8. The van der Waals surface area contributed by atoms with Gasteiger partial charge in [0.15, 0.2) is 23.0 Å². The van der Waals surface area contributed by atoms with Gasteiger partial charge in [-0.25, -0.2) is 0 Å². The molecule has 2 rings (SSSR count). The number of rotatable bonds is 14. The topological polar surface area (TPSA) is 134 Å². The zero-order valence-corrected chi connectivity index (χ0v) is 18.7. The molecular weight excluding hydrogens is 428 g/mol. The molecule has 0 unspecified atom stereocenters. The highest BCUT2D eigenvalue weighted by Gasteiger charge is 2.08. The van der Waals surface area contributed by atoms with Crippen molar-refractivity contribution < 1.29 is 39.5 Å². The van der Waals surface area contributed by atoms with Crippen LogP contribution in [0, 0.1) is 0 Å². The SMILES string of the molecule is O=C(CCCCCCCCCCCC(=O)Oc1ccc(O)c(O)c1)Oc1ccc(O)c(O)c1. The quantitative estimate of drug-likeness (QED) is 0.129. The molecule has 0 aromatic heterocycles. The van der Waals surface area contributed by atoms with Crippen LogP contribution in [0.2, 0.25) is 0 Å². The van der Waals surface area contributed by atoms with Crippen LogP contribution in [0.25, 0.3) is 0 Å². The van der Waals surface area contributed by atoms with Gasteiger partial charge in [-0.1, -0.05) is 44.9 Å². The molecule has 33 heavy (non-hydrogen) atoms. The lowest BCUT2D eigenvalue weighted by atomic mass is 10.1. The molecule has 0 aliphatic carbocycles. The molecular formula is C25H32O8. The van der Waals surface area contributed by atoms with Gasteiger partial charge in [0, 0.05) is 25.0 Å². The Morgan fingerprint density at radius 3 is 1.18 bits per heavy atom. The van der Waals surface area contributed by atoms with Crippen LogP contribution in [0.1, 0.15) is 70.6 Å². The van der Waals surface area contributed by atoms with Crippen LogP contribution in [0.4, 0.5) is 0 Å². The van der Waals surface area contributed by atoms with Crippen LogP contribution in [-0.2, 0) is 9.59 Å². The second-order valence-electron chi connectivity index (χ2n) is 7.93. The standard InChI is InChI=1S/C25H32O8/c26-20-14-12-18(16-22(20)28)32-24(30)10-8-6-4-2-1-3-5-7-9-11-25(31)33-19-13-15-21(27)23(29)17-19/h12-17,26-29H,1-11H2. The molecule has 0 spiro atoms. The van der Waals surface area contributed by atoms with E-state index in [2.05, 4.69) is 0 Å². The highest BCUT2D eigenvalue weighted by molar-refractivity contribution is 5.73. The second kappa shape index (κ2) is 13.9. The number of benzene rings is 2. The molecule has 4 N–H and O–H groups in total. The molecule has 0 radical (unpaired) electrons. The van der Waals surface area contributed by atoms with E-state index >= 15 is 0 Å². The molecule has 2 aromatic carbocycles. The van der Waals surface area contributed by atoms with Crippen LogP contribution in [-0.4, -0.2) is 32.4 Å². The molecule has 0 heterocycles. The number of hydrogen-bond donors (Lipinski definition) is 4. The second-order valence-corrected chi connectivity index (χ2v) is 7.93. The van der Waals surface area contributed by atoms with Crippen LogP contribution in [0.15, 0.2) is 36.4 Å². The van der Waals surface area contributed by atoms with Gasteiger partial charge in [0.1, 0.15) is 11.5 Å². The normalized spacial score (nSPS) is 10.7. The number of carbonyl (C=O) groups is 2. The monoisotopic (exact) mass is 460 g/mol. The van der Waals surface area contributed by atoms with E-state index in [1.54, 1.807) is 0 Å². The molecule has 0 aliphatic heterocycles. The van der Waals surface area contributed by atoms with Crippen molar-refractivity contribution in [3.63, 3.8) is 0 Å². The number of hydrogen-bond acceptors (Lipinski definition) is 8. The molecule has 2 aromatic rings. The Bertz CT molecular complexity index is 836. The molecule has 0 saturated heterocycles. The van der Waals surface area contributed by atoms with E-state index in [9.17, 15) is 30.0 Å². The zero-order valence-electron chi connectivity index (χ0n) is 18.7.